The van der Waals surface area contributed by atoms with Gasteiger partial charge in [-0.25, -0.2) is 0 Å². The predicted octanol–water partition coefficient (Wildman–Crippen LogP) is -6.01. The average molecular weight is 342 g/mol. The Hall–Kier alpha value is -0.440. The monoisotopic (exact) mass is 342 g/mol. The Morgan fingerprint density at radius 2 is 1.04 bits per heavy atom. The molecule has 11 heteroatoms. The summed E-state index contributed by atoms with van der Waals surface area (Å²) in [6, 6.07) is 0. The van der Waals surface area contributed by atoms with Gasteiger partial charge in [-0.1, -0.05) is 0 Å². The van der Waals surface area contributed by atoms with E-state index in [1.807, 2.05) is 0 Å². The summed E-state index contributed by atoms with van der Waals surface area (Å²) in [6.07, 6.45) is -18.9. The van der Waals surface area contributed by atoms with Crippen LogP contribution in [0.5, 0.6) is 0 Å². The maximum absolute atomic E-state index is 9.85. The Kier molecular flexibility index (Phi) is 5.92. The third-order valence-electron chi connectivity index (χ3n) is 4.21. The van der Waals surface area contributed by atoms with Gasteiger partial charge < -0.3 is 55.4 Å². The first-order valence-corrected chi connectivity index (χ1v) is 7.07. The second kappa shape index (κ2) is 7.21. The lowest BCUT2D eigenvalue weighted by Crippen LogP contribution is -2.67. The van der Waals surface area contributed by atoms with Crippen molar-refractivity contribution >= 4 is 0 Å². The van der Waals surface area contributed by atoms with Gasteiger partial charge in [0.05, 0.1) is 6.61 Å². The second-order valence-corrected chi connectivity index (χ2v) is 5.75. The number of rotatable bonds is 3. The molecular weight excluding hydrogens is 320 g/mol. The lowest BCUT2D eigenvalue weighted by Gasteiger charge is -2.45. The molecule has 11 atom stereocenters. The number of hydrogen-bond donors (Lipinski definition) is 9. The molecule has 1 saturated carbocycles. The van der Waals surface area contributed by atoms with Crippen LogP contribution < -0.4 is 0 Å². The largest absolute Gasteiger partial charge is 0.394 e. The van der Waals surface area contributed by atoms with Crippen molar-refractivity contribution in [3.8, 4) is 0 Å². The Bertz CT molecular complexity index is 377. The Morgan fingerprint density at radius 3 is 1.52 bits per heavy atom. The van der Waals surface area contributed by atoms with Gasteiger partial charge >= 0.3 is 0 Å². The SMILES string of the molecule is OC[C@H]1OC(O[C@@H]2[C@@H](O)[C@H](O)[C@@H](O)[C@H](O)[C@@H]2O)[C@H](O)[C@@H](O)[C@@H]1O. The van der Waals surface area contributed by atoms with Gasteiger partial charge in [-0.15, -0.1) is 0 Å². The summed E-state index contributed by atoms with van der Waals surface area (Å²) in [5.74, 6) is 0. The predicted molar refractivity (Wildman–Crippen MR) is 68.7 cm³/mol. The third kappa shape index (κ3) is 3.36. The summed E-state index contributed by atoms with van der Waals surface area (Å²) in [5, 5.41) is 86.6. The fourth-order valence-corrected chi connectivity index (χ4v) is 2.69. The number of ether oxygens (including phenoxy) is 2. The lowest BCUT2D eigenvalue weighted by atomic mass is 9.84. The van der Waals surface area contributed by atoms with Gasteiger partial charge in [0, 0.05) is 0 Å². The smallest absolute Gasteiger partial charge is 0.187 e. The van der Waals surface area contributed by atoms with Crippen LogP contribution in [0.4, 0.5) is 0 Å². The summed E-state index contributed by atoms with van der Waals surface area (Å²) in [4.78, 5) is 0. The van der Waals surface area contributed by atoms with Gasteiger partial charge in [-0.3, -0.25) is 0 Å². The van der Waals surface area contributed by atoms with E-state index in [9.17, 15) is 40.9 Å². The molecule has 1 aliphatic heterocycles. The van der Waals surface area contributed by atoms with Crippen molar-refractivity contribution in [2.75, 3.05) is 6.61 Å². The van der Waals surface area contributed by atoms with Gasteiger partial charge in [-0.05, 0) is 0 Å². The van der Waals surface area contributed by atoms with E-state index in [0.717, 1.165) is 0 Å². The van der Waals surface area contributed by atoms with Crippen molar-refractivity contribution in [3.05, 3.63) is 0 Å². The first kappa shape index (κ1) is 18.9. The zero-order valence-corrected chi connectivity index (χ0v) is 11.9. The molecule has 23 heavy (non-hydrogen) atoms. The van der Waals surface area contributed by atoms with Crippen molar-refractivity contribution in [1.29, 1.82) is 0 Å². The molecule has 0 aromatic carbocycles. The molecule has 1 saturated heterocycles. The van der Waals surface area contributed by atoms with Crippen LogP contribution in [0.3, 0.4) is 0 Å². The van der Waals surface area contributed by atoms with Crippen molar-refractivity contribution in [1.82, 2.24) is 0 Å². The average Bonchev–Trinajstić information content (AvgIpc) is 2.54. The van der Waals surface area contributed by atoms with Crippen molar-refractivity contribution in [2.45, 2.75) is 67.3 Å². The Morgan fingerprint density at radius 1 is 0.609 bits per heavy atom. The molecule has 2 rings (SSSR count). The minimum Gasteiger partial charge on any atom is -0.394 e. The highest BCUT2D eigenvalue weighted by Gasteiger charge is 2.52. The van der Waals surface area contributed by atoms with Gasteiger partial charge in [0.2, 0.25) is 0 Å². The Labute approximate surface area is 130 Å². The molecule has 1 heterocycles. The Balaban J connectivity index is 2.13. The maximum Gasteiger partial charge on any atom is 0.187 e. The maximum atomic E-state index is 9.85. The third-order valence-corrected chi connectivity index (χ3v) is 4.21. The lowest BCUT2D eigenvalue weighted by molar-refractivity contribution is -0.339. The quantitative estimate of drug-likeness (QED) is 0.236. The van der Waals surface area contributed by atoms with Crippen LogP contribution in [0.2, 0.25) is 0 Å². The van der Waals surface area contributed by atoms with Crippen LogP contribution in [-0.4, -0.2) is 120 Å². The second-order valence-electron chi connectivity index (χ2n) is 5.75. The number of aliphatic hydroxyl groups excluding tert-OH is 9. The molecule has 11 nitrogen and oxygen atoms in total. The highest BCUT2D eigenvalue weighted by molar-refractivity contribution is 5.00. The van der Waals surface area contributed by atoms with Crippen LogP contribution in [0.1, 0.15) is 0 Å². The summed E-state index contributed by atoms with van der Waals surface area (Å²) < 4.78 is 10.2. The topological polar surface area (TPSA) is 201 Å². The molecule has 0 aromatic rings. The van der Waals surface area contributed by atoms with Gasteiger partial charge in [0.25, 0.3) is 0 Å². The highest BCUT2D eigenvalue weighted by atomic mass is 16.7. The molecule has 2 aliphatic rings. The van der Waals surface area contributed by atoms with Gasteiger partial charge in [0.15, 0.2) is 6.29 Å². The fraction of sp³-hybridized carbons (Fsp3) is 1.00. The zero-order chi connectivity index (χ0) is 17.5. The molecule has 1 aliphatic carbocycles. The van der Waals surface area contributed by atoms with Crippen LogP contribution in [0.15, 0.2) is 0 Å². The first-order chi connectivity index (χ1) is 10.7. The number of hydrogen-bond acceptors (Lipinski definition) is 11. The fourth-order valence-electron chi connectivity index (χ4n) is 2.69. The van der Waals surface area contributed by atoms with Gasteiger partial charge in [-0.2, -0.15) is 0 Å². The molecule has 0 aromatic heterocycles. The van der Waals surface area contributed by atoms with Crippen molar-refractivity contribution < 1.29 is 55.4 Å². The molecule has 9 N–H and O–H groups in total. The summed E-state index contributed by atoms with van der Waals surface area (Å²) in [6.45, 7) is -0.704. The molecule has 1 unspecified atom stereocenters. The standard InChI is InChI=1S/C12H22O11/c13-1-2-3(14)4(15)10(21)12(22-2)23-11-8(19)6(17)5(16)7(18)9(11)20/h2-21H,1H2/t2-,3-,4+,5-,6-,7+,8+,9+,10-,11-,12?/m1/s1. The van der Waals surface area contributed by atoms with E-state index in [1.54, 1.807) is 0 Å². The van der Waals surface area contributed by atoms with E-state index < -0.39 is 73.9 Å². The van der Waals surface area contributed by atoms with Crippen LogP contribution >= 0.6 is 0 Å². The van der Waals surface area contributed by atoms with E-state index in [0.29, 0.717) is 0 Å². The van der Waals surface area contributed by atoms with E-state index in [2.05, 4.69) is 0 Å². The van der Waals surface area contributed by atoms with Crippen molar-refractivity contribution in [2.24, 2.45) is 0 Å². The molecular formula is C12H22O11. The normalized spacial score (nSPS) is 54.9. The molecule has 0 bridgehead atoms. The van der Waals surface area contributed by atoms with Crippen LogP contribution in [-0.2, 0) is 9.47 Å². The van der Waals surface area contributed by atoms with E-state index in [-0.39, 0.29) is 0 Å². The van der Waals surface area contributed by atoms with Crippen LogP contribution in [0, 0.1) is 0 Å². The molecule has 2 fully saturated rings. The van der Waals surface area contributed by atoms with Crippen molar-refractivity contribution in [3.63, 3.8) is 0 Å². The van der Waals surface area contributed by atoms with Crippen LogP contribution in [0.25, 0.3) is 0 Å². The molecule has 0 spiro atoms. The van der Waals surface area contributed by atoms with E-state index in [1.165, 1.54) is 0 Å². The zero-order valence-electron chi connectivity index (χ0n) is 11.9. The van der Waals surface area contributed by atoms with E-state index >= 15 is 0 Å². The summed E-state index contributed by atoms with van der Waals surface area (Å²) >= 11 is 0. The molecule has 0 radical (unpaired) electrons. The van der Waals surface area contributed by atoms with E-state index in [4.69, 9.17) is 14.6 Å². The summed E-state index contributed by atoms with van der Waals surface area (Å²) in [7, 11) is 0. The number of aliphatic hydroxyl groups is 9. The minimum atomic E-state index is -1.83. The highest BCUT2D eigenvalue weighted by Crippen LogP contribution is 2.29. The first-order valence-electron chi connectivity index (χ1n) is 7.07. The van der Waals surface area contributed by atoms with Gasteiger partial charge in [0.1, 0.15) is 61.0 Å². The molecule has 136 valence electrons. The molecule has 0 amide bonds. The minimum absolute atomic E-state index is 0.704. The summed E-state index contributed by atoms with van der Waals surface area (Å²) in [5.41, 5.74) is 0.